The molecule has 1 saturated heterocycles. The first-order valence-electron chi connectivity index (χ1n) is 7.47. The molecule has 0 aromatic carbocycles. The maximum atomic E-state index is 12.1. The van der Waals surface area contributed by atoms with E-state index in [1.807, 2.05) is 6.07 Å². The van der Waals surface area contributed by atoms with Crippen molar-refractivity contribution >= 4 is 0 Å². The Labute approximate surface area is 114 Å². The summed E-state index contributed by atoms with van der Waals surface area (Å²) in [5.41, 5.74) is 2.43. The lowest BCUT2D eigenvalue weighted by molar-refractivity contribution is 0.0543. The van der Waals surface area contributed by atoms with Gasteiger partial charge in [0.15, 0.2) is 0 Å². The highest BCUT2D eigenvalue weighted by Crippen LogP contribution is 2.20. The molecular weight excluding hydrogens is 238 g/mol. The van der Waals surface area contributed by atoms with Crippen LogP contribution in [0.3, 0.4) is 0 Å². The van der Waals surface area contributed by atoms with Gasteiger partial charge in [0.25, 0.3) is 5.56 Å². The maximum Gasteiger partial charge on any atom is 0.267 e. The van der Waals surface area contributed by atoms with Crippen molar-refractivity contribution in [2.24, 2.45) is 5.92 Å². The zero-order valence-corrected chi connectivity index (χ0v) is 11.9. The van der Waals surface area contributed by atoms with Crippen LogP contribution in [-0.4, -0.2) is 33.8 Å². The number of fused-ring (bicyclic) bond motifs is 1. The number of aromatic nitrogens is 2. The molecule has 0 atom stereocenters. The molecule has 0 N–H and O–H groups in total. The lowest BCUT2D eigenvalue weighted by Crippen LogP contribution is -2.52. The topological polar surface area (TPSA) is 38.1 Å². The zero-order valence-electron chi connectivity index (χ0n) is 11.9. The Morgan fingerprint density at radius 3 is 2.79 bits per heavy atom. The highest BCUT2D eigenvalue weighted by atomic mass is 16.1. The van der Waals surface area contributed by atoms with Crippen LogP contribution in [0.15, 0.2) is 10.9 Å². The second-order valence-corrected chi connectivity index (χ2v) is 6.26. The van der Waals surface area contributed by atoms with E-state index in [0.717, 1.165) is 38.2 Å². The van der Waals surface area contributed by atoms with Crippen molar-refractivity contribution < 1.29 is 0 Å². The van der Waals surface area contributed by atoms with E-state index >= 15 is 0 Å². The number of likely N-dealkylation sites (tertiary alicyclic amines) is 1. The fourth-order valence-electron chi connectivity index (χ4n) is 3.12. The van der Waals surface area contributed by atoms with E-state index in [9.17, 15) is 4.79 Å². The first-order chi connectivity index (χ1) is 9.13. The van der Waals surface area contributed by atoms with E-state index in [1.54, 1.807) is 4.68 Å². The molecule has 1 fully saturated rings. The molecule has 1 aliphatic heterocycles. The van der Waals surface area contributed by atoms with E-state index in [0.29, 0.717) is 12.0 Å². The van der Waals surface area contributed by atoms with Crippen LogP contribution in [0.25, 0.3) is 0 Å². The third kappa shape index (κ3) is 2.59. The largest absolute Gasteiger partial charge is 0.300 e. The van der Waals surface area contributed by atoms with Crippen LogP contribution < -0.4 is 5.56 Å². The summed E-state index contributed by atoms with van der Waals surface area (Å²) in [5, 5.41) is 4.59. The van der Waals surface area contributed by atoms with E-state index in [1.165, 1.54) is 18.4 Å². The number of hydrogen-bond donors (Lipinski definition) is 0. The molecular formula is C15H23N3O. The first-order valence-corrected chi connectivity index (χ1v) is 7.47. The van der Waals surface area contributed by atoms with Gasteiger partial charge in [-0.3, -0.25) is 4.79 Å². The summed E-state index contributed by atoms with van der Waals surface area (Å²) in [6, 6.07) is 2.44. The molecule has 1 aliphatic carbocycles. The molecule has 0 amide bonds. The van der Waals surface area contributed by atoms with Gasteiger partial charge in [-0.1, -0.05) is 0 Å². The summed E-state index contributed by atoms with van der Waals surface area (Å²) in [4.78, 5) is 14.5. The number of nitrogens with zero attached hydrogens (tertiary/aromatic N) is 3. The van der Waals surface area contributed by atoms with Crippen LogP contribution in [0.5, 0.6) is 0 Å². The average Bonchev–Trinajstić information content (AvgIpc) is 2.33. The van der Waals surface area contributed by atoms with Crippen molar-refractivity contribution in [1.82, 2.24) is 14.7 Å². The Kier molecular flexibility index (Phi) is 3.44. The molecule has 19 heavy (non-hydrogen) atoms. The Morgan fingerprint density at radius 1 is 1.32 bits per heavy atom. The van der Waals surface area contributed by atoms with Gasteiger partial charge in [0, 0.05) is 31.1 Å². The Bertz CT molecular complexity index is 515. The van der Waals surface area contributed by atoms with Crippen molar-refractivity contribution in [1.29, 1.82) is 0 Å². The Hall–Kier alpha value is -1.16. The standard InChI is InChI=1S/C15H23N3O/c1-11(2)17-8-12(9-17)10-18-15(19)7-13-5-3-4-6-14(13)16-18/h7,11-12H,3-6,8-10H2,1-2H3. The first kappa shape index (κ1) is 12.9. The van der Waals surface area contributed by atoms with Gasteiger partial charge in [0.1, 0.15) is 0 Å². The fourth-order valence-corrected chi connectivity index (χ4v) is 3.12. The summed E-state index contributed by atoms with van der Waals surface area (Å²) in [5.74, 6) is 0.592. The van der Waals surface area contributed by atoms with Crippen molar-refractivity contribution in [3.8, 4) is 0 Å². The van der Waals surface area contributed by atoms with E-state index in [4.69, 9.17) is 0 Å². The highest BCUT2D eigenvalue weighted by Gasteiger charge is 2.29. The molecule has 0 spiro atoms. The zero-order chi connectivity index (χ0) is 13.4. The van der Waals surface area contributed by atoms with Crippen LogP contribution in [0.2, 0.25) is 0 Å². The summed E-state index contributed by atoms with van der Waals surface area (Å²) < 4.78 is 1.70. The third-order valence-electron chi connectivity index (χ3n) is 4.42. The summed E-state index contributed by atoms with van der Waals surface area (Å²) >= 11 is 0. The third-order valence-corrected chi connectivity index (χ3v) is 4.42. The summed E-state index contributed by atoms with van der Waals surface area (Å²) in [6.07, 6.45) is 4.48. The predicted molar refractivity (Wildman–Crippen MR) is 75.3 cm³/mol. The molecule has 3 rings (SSSR count). The lowest BCUT2D eigenvalue weighted by Gasteiger charge is -2.42. The molecule has 0 bridgehead atoms. The minimum Gasteiger partial charge on any atom is -0.300 e. The number of rotatable bonds is 3. The van der Waals surface area contributed by atoms with Crippen LogP contribution >= 0.6 is 0 Å². The minimum absolute atomic E-state index is 0.0867. The second-order valence-electron chi connectivity index (χ2n) is 6.26. The number of hydrogen-bond acceptors (Lipinski definition) is 3. The minimum atomic E-state index is 0.0867. The summed E-state index contributed by atoms with van der Waals surface area (Å²) in [7, 11) is 0. The van der Waals surface area contributed by atoms with Crippen LogP contribution in [-0.2, 0) is 19.4 Å². The van der Waals surface area contributed by atoms with Gasteiger partial charge < -0.3 is 4.90 Å². The molecule has 0 unspecified atom stereocenters. The SMILES string of the molecule is CC(C)N1CC(Cn2nc3c(cc2=O)CCCC3)C1. The maximum absolute atomic E-state index is 12.1. The molecule has 1 aromatic rings. The van der Waals surface area contributed by atoms with Gasteiger partial charge in [-0.05, 0) is 45.1 Å². The van der Waals surface area contributed by atoms with E-state index in [-0.39, 0.29) is 5.56 Å². The number of aryl methyl sites for hydroxylation is 2. The molecule has 0 radical (unpaired) electrons. The van der Waals surface area contributed by atoms with E-state index < -0.39 is 0 Å². The molecule has 104 valence electrons. The normalized spacial score (nSPS) is 20.4. The Morgan fingerprint density at radius 2 is 2.05 bits per heavy atom. The van der Waals surface area contributed by atoms with Crippen LogP contribution in [0, 0.1) is 5.92 Å². The second kappa shape index (κ2) is 5.08. The molecule has 2 heterocycles. The average molecular weight is 261 g/mol. The van der Waals surface area contributed by atoms with Gasteiger partial charge in [-0.2, -0.15) is 5.10 Å². The van der Waals surface area contributed by atoms with Crippen molar-refractivity contribution in [3.05, 3.63) is 27.7 Å². The van der Waals surface area contributed by atoms with Gasteiger partial charge in [-0.25, -0.2) is 4.68 Å². The van der Waals surface area contributed by atoms with Crippen molar-refractivity contribution in [3.63, 3.8) is 0 Å². The fraction of sp³-hybridized carbons (Fsp3) is 0.733. The predicted octanol–water partition coefficient (Wildman–Crippen LogP) is 1.46. The molecule has 4 heteroatoms. The smallest absolute Gasteiger partial charge is 0.267 e. The van der Waals surface area contributed by atoms with Crippen molar-refractivity contribution in [2.45, 2.75) is 52.1 Å². The van der Waals surface area contributed by atoms with E-state index in [2.05, 4.69) is 23.8 Å². The van der Waals surface area contributed by atoms with Crippen molar-refractivity contribution in [2.75, 3.05) is 13.1 Å². The quantitative estimate of drug-likeness (QED) is 0.827. The monoisotopic (exact) mass is 261 g/mol. The Balaban J connectivity index is 1.70. The lowest BCUT2D eigenvalue weighted by atomic mass is 9.96. The molecule has 1 aromatic heterocycles. The van der Waals surface area contributed by atoms with Gasteiger partial charge in [0.05, 0.1) is 12.2 Å². The summed E-state index contributed by atoms with van der Waals surface area (Å²) in [6.45, 7) is 7.43. The van der Waals surface area contributed by atoms with Gasteiger partial charge in [-0.15, -0.1) is 0 Å². The molecule has 0 saturated carbocycles. The van der Waals surface area contributed by atoms with Crippen LogP contribution in [0.4, 0.5) is 0 Å². The molecule has 4 nitrogen and oxygen atoms in total. The van der Waals surface area contributed by atoms with Gasteiger partial charge >= 0.3 is 0 Å². The van der Waals surface area contributed by atoms with Crippen LogP contribution in [0.1, 0.15) is 37.9 Å². The van der Waals surface area contributed by atoms with Gasteiger partial charge in [0.2, 0.25) is 0 Å². The highest BCUT2D eigenvalue weighted by molar-refractivity contribution is 5.20. The molecule has 2 aliphatic rings.